The van der Waals surface area contributed by atoms with E-state index in [0.717, 1.165) is 26.8 Å². The van der Waals surface area contributed by atoms with Gasteiger partial charge in [0.2, 0.25) is 0 Å². The summed E-state index contributed by atoms with van der Waals surface area (Å²) >= 11 is 8.94. The monoisotopic (exact) mass is 417 g/mol. The van der Waals surface area contributed by atoms with Crippen LogP contribution in [0.15, 0.2) is 38.6 Å². The number of hydrogen-bond acceptors (Lipinski definition) is 3. The van der Waals surface area contributed by atoms with E-state index in [9.17, 15) is 0 Å². The molecule has 1 unspecified atom stereocenters. The number of hydrogen-bond donors (Lipinski definition) is 1. The minimum absolute atomic E-state index is 0.133. The molecule has 0 aliphatic carbocycles. The summed E-state index contributed by atoms with van der Waals surface area (Å²) in [4.78, 5) is 1.27. The van der Waals surface area contributed by atoms with Gasteiger partial charge in [-0.2, -0.15) is 0 Å². The van der Waals surface area contributed by atoms with Gasteiger partial charge in [0.05, 0.1) is 12.6 Å². The van der Waals surface area contributed by atoms with Crippen molar-refractivity contribution in [1.29, 1.82) is 0 Å². The van der Waals surface area contributed by atoms with Crippen molar-refractivity contribution in [3.8, 4) is 5.75 Å². The molecule has 0 fully saturated rings. The Morgan fingerprint density at radius 2 is 2.05 bits per heavy atom. The van der Waals surface area contributed by atoms with Crippen LogP contribution >= 0.6 is 43.2 Å². The maximum Gasteiger partial charge on any atom is 0.124 e. The minimum Gasteiger partial charge on any atom is -0.494 e. The van der Waals surface area contributed by atoms with Crippen LogP contribution in [-0.4, -0.2) is 13.2 Å². The lowest BCUT2D eigenvalue weighted by molar-refractivity contribution is 0.333. The van der Waals surface area contributed by atoms with E-state index in [0.29, 0.717) is 6.61 Å². The lowest BCUT2D eigenvalue weighted by Gasteiger charge is -2.21. The molecule has 108 valence electrons. The molecule has 0 saturated heterocycles. The van der Waals surface area contributed by atoms with Crippen molar-refractivity contribution in [3.63, 3.8) is 0 Å². The molecule has 2 nitrogen and oxygen atoms in total. The third kappa shape index (κ3) is 3.64. The molecule has 20 heavy (non-hydrogen) atoms. The summed E-state index contributed by atoms with van der Waals surface area (Å²) in [6.45, 7) is 5.69. The number of rotatable bonds is 6. The van der Waals surface area contributed by atoms with Crippen LogP contribution in [0, 0.1) is 0 Å². The highest BCUT2D eigenvalue weighted by atomic mass is 79.9. The normalized spacial score (nSPS) is 12.4. The second-order valence-corrected chi connectivity index (χ2v) is 6.96. The molecule has 1 heterocycles. The molecular formula is C15H17Br2NOS. The zero-order valence-corrected chi connectivity index (χ0v) is 15.4. The average Bonchev–Trinajstić information content (AvgIpc) is 2.85. The Morgan fingerprint density at radius 1 is 1.25 bits per heavy atom. The quantitative estimate of drug-likeness (QED) is 0.680. The predicted molar refractivity (Wildman–Crippen MR) is 92.8 cm³/mol. The first-order valence-corrected chi connectivity index (χ1v) is 9.02. The Bertz CT molecular complexity index is 571. The van der Waals surface area contributed by atoms with Gasteiger partial charge in [-0.3, -0.25) is 0 Å². The van der Waals surface area contributed by atoms with E-state index in [1.165, 1.54) is 4.88 Å². The molecule has 0 amide bonds. The lowest BCUT2D eigenvalue weighted by Crippen LogP contribution is -2.22. The summed E-state index contributed by atoms with van der Waals surface area (Å²) in [5.74, 6) is 0.932. The van der Waals surface area contributed by atoms with Crippen LogP contribution in [0.4, 0.5) is 0 Å². The number of ether oxygens (including phenoxy) is 1. The molecule has 2 aromatic rings. The standard InChI is InChI=1S/C15H17Br2NOS/c1-3-18-14(15-12(17)7-8-20-15)11-9-10(16)5-6-13(11)19-4-2/h5-9,14,18H,3-4H2,1-2H3. The van der Waals surface area contributed by atoms with Crippen molar-refractivity contribution in [2.75, 3.05) is 13.2 Å². The molecule has 0 radical (unpaired) electrons. The predicted octanol–water partition coefficient (Wildman–Crippen LogP) is 5.37. The van der Waals surface area contributed by atoms with Crippen molar-refractivity contribution >= 4 is 43.2 Å². The first-order valence-electron chi connectivity index (χ1n) is 6.55. The second-order valence-electron chi connectivity index (χ2n) is 4.24. The Kier molecular flexibility index (Phi) is 6.08. The van der Waals surface area contributed by atoms with Crippen molar-refractivity contribution in [2.24, 2.45) is 0 Å². The third-order valence-electron chi connectivity index (χ3n) is 2.90. The summed E-state index contributed by atoms with van der Waals surface area (Å²) in [5.41, 5.74) is 1.16. The van der Waals surface area contributed by atoms with Gasteiger partial charge in [-0.1, -0.05) is 22.9 Å². The molecule has 5 heteroatoms. The molecule has 2 rings (SSSR count). The Morgan fingerprint density at radius 3 is 2.65 bits per heavy atom. The minimum atomic E-state index is 0.133. The van der Waals surface area contributed by atoms with E-state index in [-0.39, 0.29) is 6.04 Å². The summed E-state index contributed by atoms with van der Waals surface area (Å²) < 4.78 is 7.98. The van der Waals surface area contributed by atoms with E-state index in [4.69, 9.17) is 4.74 Å². The van der Waals surface area contributed by atoms with Crippen LogP contribution in [-0.2, 0) is 0 Å². The van der Waals surface area contributed by atoms with Gasteiger partial charge in [-0.15, -0.1) is 11.3 Å². The van der Waals surface area contributed by atoms with E-state index in [1.807, 2.05) is 19.1 Å². The molecular weight excluding hydrogens is 402 g/mol. The van der Waals surface area contributed by atoms with E-state index in [1.54, 1.807) is 11.3 Å². The van der Waals surface area contributed by atoms with Gasteiger partial charge in [0.1, 0.15) is 5.75 Å². The van der Waals surface area contributed by atoms with Crippen LogP contribution in [0.1, 0.15) is 30.3 Å². The zero-order chi connectivity index (χ0) is 14.5. The van der Waals surface area contributed by atoms with E-state index < -0.39 is 0 Å². The fourth-order valence-electron chi connectivity index (χ4n) is 2.09. The summed E-state index contributed by atoms with van der Waals surface area (Å²) in [7, 11) is 0. The Balaban J connectivity index is 2.48. The molecule has 1 aromatic carbocycles. The smallest absolute Gasteiger partial charge is 0.124 e. The number of nitrogens with one attached hydrogen (secondary N) is 1. The first kappa shape index (κ1) is 16.0. The van der Waals surface area contributed by atoms with Crippen LogP contribution in [0.5, 0.6) is 5.75 Å². The van der Waals surface area contributed by atoms with Crippen molar-refractivity contribution < 1.29 is 4.74 Å². The molecule has 0 saturated carbocycles. The van der Waals surface area contributed by atoms with E-state index in [2.05, 4.69) is 61.6 Å². The highest BCUT2D eigenvalue weighted by Gasteiger charge is 2.21. The Hall–Kier alpha value is -0.360. The fraction of sp³-hybridized carbons (Fsp3) is 0.333. The van der Waals surface area contributed by atoms with Gasteiger partial charge < -0.3 is 10.1 Å². The average molecular weight is 419 g/mol. The van der Waals surface area contributed by atoms with Crippen molar-refractivity contribution in [1.82, 2.24) is 5.32 Å². The molecule has 1 aromatic heterocycles. The van der Waals surface area contributed by atoms with Gasteiger partial charge in [0.25, 0.3) is 0 Å². The van der Waals surface area contributed by atoms with Crippen LogP contribution in [0.2, 0.25) is 0 Å². The van der Waals surface area contributed by atoms with Gasteiger partial charge in [0, 0.05) is 19.4 Å². The SMILES string of the molecule is CCNC(c1cc(Br)ccc1OCC)c1sccc1Br. The molecule has 0 aliphatic rings. The molecule has 1 N–H and O–H groups in total. The fourth-order valence-corrected chi connectivity index (χ4v) is 4.16. The van der Waals surface area contributed by atoms with Gasteiger partial charge in [0.15, 0.2) is 0 Å². The van der Waals surface area contributed by atoms with E-state index >= 15 is 0 Å². The first-order chi connectivity index (χ1) is 9.67. The van der Waals surface area contributed by atoms with Crippen LogP contribution < -0.4 is 10.1 Å². The highest BCUT2D eigenvalue weighted by molar-refractivity contribution is 9.10. The van der Waals surface area contributed by atoms with Gasteiger partial charge in [-0.05, 0) is 59.0 Å². The largest absolute Gasteiger partial charge is 0.494 e. The van der Waals surface area contributed by atoms with Crippen LogP contribution in [0.25, 0.3) is 0 Å². The van der Waals surface area contributed by atoms with Crippen LogP contribution in [0.3, 0.4) is 0 Å². The molecule has 0 spiro atoms. The van der Waals surface area contributed by atoms with Gasteiger partial charge >= 0.3 is 0 Å². The zero-order valence-electron chi connectivity index (χ0n) is 11.5. The molecule has 0 aliphatic heterocycles. The number of thiophene rings is 1. The maximum absolute atomic E-state index is 5.79. The second kappa shape index (κ2) is 7.59. The number of halogens is 2. The summed E-state index contributed by atoms with van der Waals surface area (Å²) in [6.07, 6.45) is 0. The summed E-state index contributed by atoms with van der Waals surface area (Å²) in [6, 6.07) is 8.39. The van der Waals surface area contributed by atoms with Crippen molar-refractivity contribution in [3.05, 3.63) is 49.0 Å². The highest BCUT2D eigenvalue weighted by Crippen LogP contribution is 2.38. The van der Waals surface area contributed by atoms with Crippen molar-refractivity contribution in [2.45, 2.75) is 19.9 Å². The summed E-state index contributed by atoms with van der Waals surface area (Å²) in [5, 5.41) is 5.65. The molecule has 0 bridgehead atoms. The number of benzene rings is 1. The molecule has 1 atom stereocenters. The lowest BCUT2D eigenvalue weighted by atomic mass is 10.0. The Labute approximate surface area is 140 Å². The van der Waals surface area contributed by atoms with Gasteiger partial charge in [-0.25, -0.2) is 0 Å². The maximum atomic E-state index is 5.79. The topological polar surface area (TPSA) is 21.3 Å². The third-order valence-corrected chi connectivity index (χ3v) is 5.33.